The number of aryl methyl sites for hydroxylation is 1. The summed E-state index contributed by atoms with van der Waals surface area (Å²) in [6.45, 7) is 0.916. The van der Waals surface area contributed by atoms with Gasteiger partial charge in [0, 0.05) is 37.2 Å². The monoisotopic (exact) mass is 381 g/mol. The second-order valence-corrected chi connectivity index (χ2v) is 6.07. The number of nitrogens with zero attached hydrogens (tertiary/aromatic N) is 2. The average molecular weight is 381 g/mol. The maximum Gasteiger partial charge on any atom is 0.255 e. The zero-order chi connectivity index (χ0) is 19.9. The van der Waals surface area contributed by atoms with E-state index in [-0.39, 0.29) is 5.91 Å². The van der Waals surface area contributed by atoms with Gasteiger partial charge in [-0.25, -0.2) is 0 Å². The number of anilines is 1. The lowest BCUT2D eigenvalue weighted by atomic mass is 10.1. The van der Waals surface area contributed by atoms with Gasteiger partial charge < -0.3 is 19.5 Å². The van der Waals surface area contributed by atoms with Crippen LogP contribution < -0.4 is 14.8 Å². The van der Waals surface area contributed by atoms with E-state index in [2.05, 4.69) is 10.4 Å². The lowest BCUT2D eigenvalue weighted by molar-refractivity contribution is 0.102. The fraction of sp³-hybridized carbons (Fsp3) is 0.238. The number of methoxy groups -OCH3 is 2. The molecule has 0 saturated heterocycles. The minimum Gasteiger partial charge on any atom is -0.497 e. The Kier molecular flexibility index (Phi) is 6.29. The van der Waals surface area contributed by atoms with Crippen molar-refractivity contribution in [3.63, 3.8) is 0 Å². The van der Waals surface area contributed by atoms with E-state index in [1.165, 1.54) is 0 Å². The lowest BCUT2D eigenvalue weighted by Gasteiger charge is -2.14. The van der Waals surface area contributed by atoms with Crippen LogP contribution in [0, 0.1) is 0 Å². The van der Waals surface area contributed by atoms with E-state index in [1.807, 2.05) is 31.3 Å². The molecule has 0 atom stereocenters. The highest BCUT2D eigenvalue weighted by Gasteiger charge is 2.13. The Morgan fingerprint density at radius 2 is 1.86 bits per heavy atom. The number of amides is 1. The lowest BCUT2D eigenvalue weighted by Crippen LogP contribution is -2.12. The molecule has 0 radical (unpaired) electrons. The van der Waals surface area contributed by atoms with Gasteiger partial charge in [-0.2, -0.15) is 5.10 Å². The predicted molar refractivity (Wildman–Crippen MR) is 107 cm³/mol. The van der Waals surface area contributed by atoms with E-state index < -0.39 is 0 Å². The van der Waals surface area contributed by atoms with Gasteiger partial charge in [0.05, 0.1) is 19.4 Å². The molecule has 0 aliphatic heterocycles. The minimum atomic E-state index is -0.202. The number of ether oxygens (including phenoxy) is 3. The maximum absolute atomic E-state index is 12.6. The van der Waals surface area contributed by atoms with Crippen LogP contribution in [0.15, 0.2) is 54.7 Å². The second kappa shape index (κ2) is 9.05. The summed E-state index contributed by atoms with van der Waals surface area (Å²) in [6, 6.07) is 14.4. The van der Waals surface area contributed by atoms with Crippen LogP contribution in [0.25, 0.3) is 11.3 Å². The maximum atomic E-state index is 12.6. The van der Waals surface area contributed by atoms with E-state index in [0.717, 1.165) is 11.3 Å². The summed E-state index contributed by atoms with van der Waals surface area (Å²) in [7, 11) is 5.07. The van der Waals surface area contributed by atoms with Crippen LogP contribution in [0.4, 0.5) is 5.69 Å². The number of carbonyl (C=O) groups is 1. The molecule has 0 aliphatic carbocycles. The smallest absolute Gasteiger partial charge is 0.255 e. The fourth-order valence-electron chi connectivity index (χ4n) is 2.75. The van der Waals surface area contributed by atoms with Crippen LogP contribution >= 0.6 is 0 Å². The van der Waals surface area contributed by atoms with Crippen molar-refractivity contribution in [1.29, 1.82) is 0 Å². The third-order valence-corrected chi connectivity index (χ3v) is 4.23. The molecule has 7 nitrogen and oxygen atoms in total. The molecular weight excluding hydrogens is 358 g/mol. The summed E-state index contributed by atoms with van der Waals surface area (Å²) in [5.74, 6) is 1.20. The summed E-state index contributed by atoms with van der Waals surface area (Å²) in [5.41, 5.74) is 2.93. The number of nitrogens with one attached hydrogen (secondary N) is 1. The fourth-order valence-corrected chi connectivity index (χ4v) is 2.75. The zero-order valence-electron chi connectivity index (χ0n) is 16.1. The molecule has 1 N–H and O–H groups in total. The van der Waals surface area contributed by atoms with Gasteiger partial charge in [0.1, 0.15) is 18.1 Å². The van der Waals surface area contributed by atoms with Crippen molar-refractivity contribution in [2.75, 3.05) is 32.8 Å². The van der Waals surface area contributed by atoms with Crippen LogP contribution in [0.5, 0.6) is 11.5 Å². The van der Waals surface area contributed by atoms with Crippen molar-refractivity contribution in [2.24, 2.45) is 7.05 Å². The molecule has 0 saturated carbocycles. The van der Waals surface area contributed by atoms with Gasteiger partial charge in [-0.15, -0.1) is 0 Å². The number of hydrogen-bond donors (Lipinski definition) is 1. The van der Waals surface area contributed by atoms with Crippen LogP contribution in [-0.2, 0) is 11.8 Å². The molecule has 1 aromatic heterocycles. The summed E-state index contributed by atoms with van der Waals surface area (Å²) in [6.07, 6.45) is 1.72. The number of hydrogen-bond acceptors (Lipinski definition) is 5. The molecule has 1 heterocycles. The molecule has 7 heteroatoms. The SMILES string of the molecule is COCCOc1ccc(NC(=O)c2ccc(OC)cc2)cc1-c1ccnn1C. The Morgan fingerprint density at radius 1 is 1.07 bits per heavy atom. The summed E-state index contributed by atoms with van der Waals surface area (Å²) >= 11 is 0. The van der Waals surface area contributed by atoms with Crippen molar-refractivity contribution in [1.82, 2.24) is 9.78 Å². The Morgan fingerprint density at radius 3 is 2.50 bits per heavy atom. The molecule has 2 aromatic carbocycles. The summed E-state index contributed by atoms with van der Waals surface area (Å²) in [5, 5.41) is 7.14. The Bertz CT molecular complexity index is 935. The van der Waals surface area contributed by atoms with Crippen molar-refractivity contribution in [3.05, 3.63) is 60.3 Å². The van der Waals surface area contributed by atoms with E-state index in [0.29, 0.717) is 36.0 Å². The summed E-state index contributed by atoms with van der Waals surface area (Å²) in [4.78, 5) is 12.6. The molecule has 3 rings (SSSR count). The zero-order valence-corrected chi connectivity index (χ0v) is 16.1. The highest BCUT2D eigenvalue weighted by Crippen LogP contribution is 2.32. The topological polar surface area (TPSA) is 74.6 Å². The Labute approximate surface area is 163 Å². The quantitative estimate of drug-likeness (QED) is 0.606. The van der Waals surface area contributed by atoms with E-state index >= 15 is 0 Å². The highest BCUT2D eigenvalue weighted by molar-refractivity contribution is 6.04. The Hall–Kier alpha value is -3.32. The molecule has 0 aliphatic rings. The van der Waals surface area contributed by atoms with Crippen LogP contribution in [0.1, 0.15) is 10.4 Å². The largest absolute Gasteiger partial charge is 0.497 e. The first-order valence-corrected chi connectivity index (χ1v) is 8.82. The molecule has 0 bridgehead atoms. The van der Waals surface area contributed by atoms with Gasteiger partial charge in [0.25, 0.3) is 5.91 Å². The standard InChI is InChI=1S/C21H23N3O4/c1-24-19(10-11-22-24)18-14-16(6-9-20(18)28-13-12-26-2)23-21(25)15-4-7-17(27-3)8-5-15/h4-11,14H,12-13H2,1-3H3,(H,23,25). The first-order valence-electron chi connectivity index (χ1n) is 8.82. The van der Waals surface area contributed by atoms with Crippen molar-refractivity contribution in [2.45, 2.75) is 0 Å². The third-order valence-electron chi connectivity index (χ3n) is 4.23. The highest BCUT2D eigenvalue weighted by atomic mass is 16.5. The normalized spacial score (nSPS) is 10.5. The van der Waals surface area contributed by atoms with Crippen molar-refractivity contribution in [3.8, 4) is 22.8 Å². The average Bonchev–Trinajstić information content (AvgIpc) is 3.15. The van der Waals surface area contributed by atoms with E-state index in [9.17, 15) is 4.79 Å². The van der Waals surface area contributed by atoms with Crippen LogP contribution in [0.2, 0.25) is 0 Å². The van der Waals surface area contributed by atoms with Crippen molar-refractivity contribution >= 4 is 11.6 Å². The Balaban J connectivity index is 1.85. The number of carbonyl (C=O) groups excluding carboxylic acids is 1. The molecular formula is C21H23N3O4. The van der Waals surface area contributed by atoms with E-state index in [4.69, 9.17) is 14.2 Å². The molecule has 3 aromatic rings. The van der Waals surface area contributed by atoms with Gasteiger partial charge in [-0.3, -0.25) is 9.48 Å². The van der Waals surface area contributed by atoms with E-state index in [1.54, 1.807) is 49.4 Å². The van der Waals surface area contributed by atoms with Gasteiger partial charge in [-0.05, 0) is 48.5 Å². The second-order valence-electron chi connectivity index (χ2n) is 6.07. The van der Waals surface area contributed by atoms with Crippen LogP contribution in [0.3, 0.4) is 0 Å². The molecule has 28 heavy (non-hydrogen) atoms. The molecule has 146 valence electrons. The first-order chi connectivity index (χ1) is 13.6. The number of aromatic nitrogens is 2. The first kappa shape index (κ1) is 19.4. The third kappa shape index (κ3) is 4.50. The molecule has 0 unspecified atom stereocenters. The van der Waals surface area contributed by atoms with Crippen molar-refractivity contribution < 1.29 is 19.0 Å². The van der Waals surface area contributed by atoms with Gasteiger partial charge in [-0.1, -0.05) is 0 Å². The van der Waals surface area contributed by atoms with Crippen LogP contribution in [-0.4, -0.2) is 43.1 Å². The van der Waals surface area contributed by atoms with Gasteiger partial charge in [0.2, 0.25) is 0 Å². The number of rotatable bonds is 8. The van der Waals surface area contributed by atoms with Gasteiger partial charge in [0.15, 0.2) is 0 Å². The predicted octanol–water partition coefficient (Wildman–Crippen LogP) is 3.37. The molecule has 0 fully saturated rings. The minimum absolute atomic E-state index is 0.202. The number of benzene rings is 2. The summed E-state index contributed by atoms with van der Waals surface area (Å²) < 4.78 is 17.8. The molecule has 0 spiro atoms. The van der Waals surface area contributed by atoms with Gasteiger partial charge >= 0.3 is 0 Å². The molecule has 1 amide bonds.